The fourth-order valence-corrected chi connectivity index (χ4v) is 3.12. The third kappa shape index (κ3) is 5.60. The minimum absolute atomic E-state index is 0.0635. The topological polar surface area (TPSA) is 71.1 Å². The Hall–Kier alpha value is -2.28. The van der Waals surface area contributed by atoms with Crippen molar-refractivity contribution in [2.45, 2.75) is 26.3 Å². The molecule has 2 amide bonds. The SMILES string of the molecule is COCCNC(=O)c1ccc2c(c1)N(C)C(CC(=O)N(C)CC(C)C)CO2. The first-order valence-electron chi connectivity index (χ1n) is 9.34. The minimum atomic E-state index is -0.155. The lowest BCUT2D eigenvalue weighted by Gasteiger charge is -2.36. The van der Waals surface area contributed by atoms with Crippen LogP contribution in [0.5, 0.6) is 5.75 Å². The van der Waals surface area contributed by atoms with E-state index >= 15 is 0 Å². The van der Waals surface area contributed by atoms with Gasteiger partial charge in [0.2, 0.25) is 5.91 Å². The highest BCUT2D eigenvalue weighted by molar-refractivity contribution is 5.95. The van der Waals surface area contributed by atoms with Crippen molar-refractivity contribution in [2.75, 3.05) is 52.4 Å². The molecule has 1 heterocycles. The van der Waals surface area contributed by atoms with Crippen molar-refractivity contribution in [1.29, 1.82) is 0 Å². The fourth-order valence-electron chi connectivity index (χ4n) is 3.12. The smallest absolute Gasteiger partial charge is 0.251 e. The van der Waals surface area contributed by atoms with Crippen LogP contribution in [0.3, 0.4) is 0 Å². The molecule has 1 aliphatic rings. The van der Waals surface area contributed by atoms with Gasteiger partial charge in [-0.25, -0.2) is 0 Å². The van der Waals surface area contributed by atoms with E-state index in [0.29, 0.717) is 37.7 Å². The van der Waals surface area contributed by atoms with Crippen molar-refractivity contribution in [3.8, 4) is 5.75 Å². The van der Waals surface area contributed by atoms with Gasteiger partial charge in [-0.05, 0) is 24.1 Å². The van der Waals surface area contributed by atoms with Gasteiger partial charge in [0.15, 0.2) is 0 Å². The molecule has 7 heteroatoms. The van der Waals surface area contributed by atoms with Gasteiger partial charge in [-0.15, -0.1) is 0 Å². The molecule has 150 valence electrons. The van der Waals surface area contributed by atoms with E-state index in [2.05, 4.69) is 19.2 Å². The third-order valence-electron chi connectivity index (χ3n) is 4.65. The van der Waals surface area contributed by atoms with Crippen molar-refractivity contribution in [3.05, 3.63) is 23.8 Å². The summed E-state index contributed by atoms with van der Waals surface area (Å²) in [5.41, 5.74) is 1.38. The first-order chi connectivity index (χ1) is 12.8. The average Bonchev–Trinajstić information content (AvgIpc) is 2.63. The minimum Gasteiger partial charge on any atom is -0.489 e. The zero-order valence-corrected chi connectivity index (χ0v) is 16.9. The Balaban J connectivity index is 2.06. The van der Waals surface area contributed by atoms with Crippen molar-refractivity contribution < 1.29 is 19.1 Å². The Kier molecular flexibility index (Phi) is 7.47. The monoisotopic (exact) mass is 377 g/mol. The van der Waals surface area contributed by atoms with Gasteiger partial charge in [0.05, 0.1) is 24.8 Å². The summed E-state index contributed by atoms with van der Waals surface area (Å²) in [4.78, 5) is 28.6. The van der Waals surface area contributed by atoms with Crippen LogP contribution in [0, 0.1) is 5.92 Å². The number of ether oxygens (including phenoxy) is 2. The number of fused-ring (bicyclic) bond motifs is 1. The van der Waals surface area contributed by atoms with Gasteiger partial charge in [-0.2, -0.15) is 0 Å². The summed E-state index contributed by atoms with van der Waals surface area (Å²) in [7, 11) is 5.37. The Labute approximate surface area is 161 Å². The first-order valence-corrected chi connectivity index (χ1v) is 9.34. The van der Waals surface area contributed by atoms with Crippen LogP contribution in [0.15, 0.2) is 18.2 Å². The van der Waals surface area contributed by atoms with Crippen LogP contribution >= 0.6 is 0 Å². The molecule has 7 nitrogen and oxygen atoms in total. The molecule has 1 unspecified atom stereocenters. The van der Waals surface area contributed by atoms with E-state index in [9.17, 15) is 9.59 Å². The molecule has 27 heavy (non-hydrogen) atoms. The maximum absolute atomic E-state index is 12.5. The number of nitrogens with one attached hydrogen (secondary N) is 1. The number of carbonyl (C=O) groups is 2. The number of hydrogen-bond acceptors (Lipinski definition) is 5. The summed E-state index contributed by atoms with van der Waals surface area (Å²) in [6, 6.07) is 5.30. The van der Waals surface area contributed by atoms with Crippen molar-refractivity contribution in [1.82, 2.24) is 10.2 Å². The number of methoxy groups -OCH3 is 1. The second-order valence-corrected chi connectivity index (χ2v) is 7.38. The van der Waals surface area contributed by atoms with Crippen molar-refractivity contribution in [3.63, 3.8) is 0 Å². The zero-order chi connectivity index (χ0) is 20.0. The highest BCUT2D eigenvalue weighted by atomic mass is 16.5. The van der Waals surface area contributed by atoms with E-state index in [1.54, 1.807) is 24.1 Å². The lowest BCUT2D eigenvalue weighted by Crippen LogP contribution is -2.44. The molecule has 1 aromatic carbocycles. The average molecular weight is 377 g/mol. The Morgan fingerprint density at radius 2 is 2.15 bits per heavy atom. The van der Waals surface area contributed by atoms with E-state index in [1.807, 2.05) is 25.1 Å². The number of likely N-dealkylation sites (N-methyl/N-ethyl adjacent to an activating group) is 1. The second-order valence-electron chi connectivity index (χ2n) is 7.38. The first kappa shape index (κ1) is 21.0. The largest absolute Gasteiger partial charge is 0.489 e. The van der Waals surface area contributed by atoms with Crippen LogP contribution in [0.25, 0.3) is 0 Å². The predicted molar refractivity (Wildman–Crippen MR) is 105 cm³/mol. The Bertz CT molecular complexity index is 663. The molecule has 0 fully saturated rings. The number of amides is 2. The third-order valence-corrected chi connectivity index (χ3v) is 4.65. The molecular weight excluding hydrogens is 346 g/mol. The molecule has 0 spiro atoms. The van der Waals surface area contributed by atoms with Crippen LogP contribution < -0.4 is 15.0 Å². The summed E-state index contributed by atoms with van der Waals surface area (Å²) < 4.78 is 10.8. The number of carbonyl (C=O) groups excluding carboxylic acids is 2. The second kappa shape index (κ2) is 9.60. The maximum atomic E-state index is 12.5. The van der Waals surface area contributed by atoms with Gasteiger partial charge in [0, 0.05) is 39.9 Å². The molecule has 0 saturated heterocycles. The molecule has 1 N–H and O–H groups in total. The molecular formula is C20H31N3O4. The normalized spacial score (nSPS) is 15.9. The van der Waals surface area contributed by atoms with Crippen LogP contribution in [0.1, 0.15) is 30.6 Å². The van der Waals surface area contributed by atoms with E-state index < -0.39 is 0 Å². The molecule has 1 aromatic rings. The van der Waals surface area contributed by atoms with E-state index in [4.69, 9.17) is 9.47 Å². The Morgan fingerprint density at radius 1 is 1.41 bits per heavy atom. The zero-order valence-electron chi connectivity index (χ0n) is 16.9. The number of hydrogen-bond donors (Lipinski definition) is 1. The summed E-state index contributed by atoms with van der Waals surface area (Å²) in [6.45, 7) is 6.29. The van der Waals surface area contributed by atoms with E-state index in [-0.39, 0.29) is 17.9 Å². The molecule has 1 aliphatic heterocycles. The number of benzene rings is 1. The number of nitrogens with zero attached hydrogens (tertiary/aromatic N) is 2. The van der Waals surface area contributed by atoms with Gasteiger partial charge in [-0.1, -0.05) is 13.8 Å². The molecule has 0 aromatic heterocycles. The van der Waals surface area contributed by atoms with Crippen LogP contribution in [0.2, 0.25) is 0 Å². The van der Waals surface area contributed by atoms with Gasteiger partial charge in [0.1, 0.15) is 12.4 Å². The highest BCUT2D eigenvalue weighted by Crippen LogP contribution is 2.34. The summed E-state index contributed by atoms with van der Waals surface area (Å²) in [6.07, 6.45) is 0.378. The van der Waals surface area contributed by atoms with Crippen LogP contribution in [0.4, 0.5) is 5.69 Å². The van der Waals surface area contributed by atoms with E-state index in [1.165, 1.54) is 0 Å². The Morgan fingerprint density at radius 3 is 2.81 bits per heavy atom. The van der Waals surface area contributed by atoms with Crippen LogP contribution in [-0.4, -0.2) is 70.3 Å². The van der Waals surface area contributed by atoms with Gasteiger partial charge < -0.3 is 24.6 Å². The molecule has 0 bridgehead atoms. The predicted octanol–water partition coefficient (Wildman–Crippen LogP) is 1.76. The number of anilines is 1. The lowest BCUT2D eigenvalue weighted by atomic mass is 10.1. The summed E-state index contributed by atoms with van der Waals surface area (Å²) >= 11 is 0. The van der Waals surface area contributed by atoms with Crippen LogP contribution in [-0.2, 0) is 9.53 Å². The van der Waals surface area contributed by atoms with Gasteiger partial charge >= 0.3 is 0 Å². The van der Waals surface area contributed by atoms with E-state index in [0.717, 1.165) is 18.0 Å². The van der Waals surface area contributed by atoms with Gasteiger partial charge in [-0.3, -0.25) is 9.59 Å². The number of rotatable bonds is 8. The fraction of sp³-hybridized carbons (Fsp3) is 0.600. The van der Waals surface area contributed by atoms with Gasteiger partial charge in [0.25, 0.3) is 5.91 Å². The molecule has 2 rings (SSSR count). The van der Waals surface area contributed by atoms with Crippen molar-refractivity contribution in [2.24, 2.45) is 5.92 Å². The van der Waals surface area contributed by atoms with Crippen molar-refractivity contribution >= 4 is 17.5 Å². The highest BCUT2D eigenvalue weighted by Gasteiger charge is 2.28. The molecule has 0 aliphatic carbocycles. The summed E-state index contributed by atoms with van der Waals surface area (Å²) in [5.74, 6) is 1.10. The molecule has 1 atom stereocenters. The molecule has 0 radical (unpaired) electrons. The molecule has 0 saturated carbocycles. The summed E-state index contributed by atoms with van der Waals surface area (Å²) in [5, 5.41) is 2.81. The maximum Gasteiger partial charge on any atom is 0.251 e. The quantitative estimate of drug-likeness (QED) is 0.699. The lowest BCUT2D eigenvalue weighted by molar-refractivity contribution is -0.130. The standard InChI is InChI=1S/C20H31N3O4/c1-14(2)12-22(3)19(24)11-16-13-27-18-7-6-15(10-17(18)23(16)4)20(25)21-8-9-26-5/h6-7,10,14,16H,8-9,11-13H2,1-5H3,(H,21,25).